The number of nitrogens with zero attached hydrogens (tertiary/aromatic N) is 4. The zero-order valence-corrected chi connectivity index (χ0v) is 16.4. The molecular formula is C19H15BrF2N4O2. The Kier molecular flexibility index (Phi) is 5.93. The van der Waals surface area contributed by atoms with Gasteiger partial charge in [-0.1, -0.05) is 0 Å². The molecule has 0 amide bonds. The van der Waals surface area contributed by atoms with Crippen molar-refractivity contribution in [1.29, 1.82) is 0 Å². The predicted octanol–water partition coefficient (Wildman–Crippen LogP) is 3.95. The van der Waals surface area contributed by atoms with E-state index in [1.165, 1.54) is 10.6 Å². The van der Waals surface area contributed by atoms with Crippen LogP contribution in [0.25, 0.3) is 0 Å². The fourth-order valence-corrected chi connectivity index (χ4v) is 2.95. The Morgan fingerprint density at radius 2 is 1.96 bits per heavy atom. The largest absolute Gasteiger partial charge is 0.487 e. The lowest BCUT2D eigenvalue weighted by molar-refractivity contribution is 0.295. The highest BCUT2D eigenvalue weighted by atomic mass is 79.9. The first-order valence-electron chi connectivity index (χ1n) is 8.13. The molecule has 0 aliphatic carbocycles. The Labute approximate surface area is 167 Å². The molecule has 2 aromatic heterocycles. The number of ether oxygens (including phenoxy) is 1. The summed E-state index contributed by atoms with van der Waals surface area (Å²) in [4.78, 5) is 24.4. The Morgan fingerprint density at radius 3 is 2.61 bits per heavy atom. The molecule has 0 fully saturated rings. The van der Waals surface area contributed by atoms with E-state index in [1.807, 2.05) is 0 Å². The summed E-state index contributed by atoms with van der Waals surface area (Å²) in [5.74, 6) is -0.851. The summed E-state index contributed by atoms with van der Waals surface area (Å²) in [7, 11) is 0. The topological polar surface area (TPSA) is 69.4 Å². The molecule has 2 heterocycles. The van der Waals surface area contributed by atoms with Crippen LogP contribution in [0.15, 0.2) is 50.9 Å². The second-order valence-electron chi connectivity index (χ2n) is 5.93. The molecule has 28 heavy (non-hydrogen) atoms. The van der Waals surface area contributed by atoms with Crippen molar-refractivity contribution in [3.05, 3.63) is 79.9 Å². The van der Waals surface area contributed by atoms with Gasteiger partial charge >= 0.3 is 0 Å². The summed E-state index contributed by atoms with van der Waals surface area (Å²) in [6.45, 7) is 5.22. The molecule has 3 aromatic rings. The molecule has 144 valence electrons. The molecule has 0 saturated carbocycles. The van der Waals surface area contributed by atoms with Crippen LogP contribution in [0.1, 0.15) is 16.8 Å². The van der Waals surface area contributed by atoms with Crippen LogP contribution in [0.5, 0.6) is 5.75 Å². The van der Waals surface area contributed by atoms with Crippen LogP contribution in [0.4, 0.5) is 14.7 Å². The van der Waals surface area contributed by atoms with E-state index in [4.69, 9.17) is 4.74 Å². The highest BCUT2D eigenvalue weighted by Crippen LogP contribution is 2.24. The van der Waals surface area contributed by atoms with Gasteiger partial charge in [-0.05, 0) is 41.7 Å². The van der Waals surface area contributed by atoms with Crippen molar-refractivity contribution in [2.45, 2.75) is 20.1 Å². The van der Waals surface area contributed by atoms with E-state index in [0.29, 0.717) is 11.3 Å². The Morgan fingerprint density at radius 1 is 1.25 bits per heavy atom. The quantitative estimate of drug-likeness (QED) is 0.535. The molecule has 0 bridgehead atoms. The summed E-state index contributed by atoms with van der Waals surface area (Å²) in [5, 5.41) is 0. The Balaban J connectivity index is 1.83. The van der Waals surface area contributed by atoms with Gasteiger partial charge in [0.05, 0.1) is 6.54 Å². The third-order valence-corrected chi connectivity index (χ3v) is 4.72. The number of pyridine rings is 1. The fourth-order valence-electron chi connectivity index (χ4n) is 2.50. The van der Waals surface area contributed by atoms with Crippen molar-refractivity contribution >= 4 is 28.6 Å². The van der Waals surface area contributed by atoms with E-state index in [-0.39, 0.29) is 40.4 Å². The molecule has 1 aromatic carbocycles. The zero-order valence-electron chi connectivity index (χ0n) is 14.8. The molecule has 0 unspecified atom stereocenters. The van der Waals surface area contributed by atoms with E-state index < -0.39 is 11.6 Å². The molecular weight excluding hydrogens is 434 g/mol. The van der Waals surface area contributed by atoms with Gasteiger partial charge in [0.25, 0.3) is 5.56 Å². The lowest BCUT2D eigenvalue weighted by atomic mass is 10.2. The van der Waals surface area contributed by atoms with Gasteiger partial charge in [-0.2, -0.15) is 0 Å². The average Bonchev–Trinajstić information content (AvgIpc) is 2.68. The summed E-state index contributed by atoms with van der Waals surface area (Å²) in [5.41, 5.74) is 1.21. The monoisotopic (exact) mass is 448 g/mol. The van der Waals surface area contributed by atoms with Crippen molar-refractivity contribution < 1.29 is 13.5 Å². The fraction of sp³-hybridized carbons (Fsp3) is 0.158. The van der Waals surface area contributed by atoms with E-state index in [0.717, 1.165) is 12.1 Å². The van der Waals surface area contributed by atoms with Crippen LogP contribution in [-0.2, 0) is 13.2 Å². The van der Waals surface area contributed by atoms with Crippen LogP contribution >= 0.6 is 15.9 Å². The summed E-state index contributed by atoms with van der Waals surface area (Å²) in [6, 6.07) is 4.89. The standard InChI is InChI=1S/C19H15BrF2N4O2/c1-11-5-16(28-10-13-3-4-14(21)6-15(13)22)17(20)18(27)26(11)9-12-7-24-19(23-2)25-8-12/h3-8H,2,9-10H2,1H3. The van der Waals surface area contributed by atoms with Crippen molar-refractivity contribution in [1.82, 2.24) is 14.5 Å². The predicted molar refractivity (Wildman–Crippen MR) is 104 cm³/mol. The van der Waals surface area contributed by atoms with Crippen LogP contribution in [0.3, 0.4) is 0 Å². The van der Waals surface area contributed by atoms with E-state index in [2.05, 4.69) is 37.6 Å². The van der Waals surface area contributed by atoms with Crippen molar-refractivity contribution in [3.63, 3.8) is 0 Å². The number of aryl methyl sites for hydroxylation is 1. The molecule has 0 saturated heterocycles. The van der Waals surface area contributed by atoms with Gasteiger partial charge in [0.15, 0.2) is 0 Å². The number of benzene rings is 1. The third kappa shape index (κ3) is 4.30. The maximum atomic E-state index is 13.8. The van der Waals surface area contributed by atoms with Crippen molar-refractivity contribution in [3.8, 4) is 5.75 Å². The molecule has 9 heteroatoms. The summed E-state index contributed by atoms with van der Waals surface area (Å²) < 4.78 is 34.0. The van der Waals surface area contributed by atoms with Gasteiger partial charge in [0, 0.05) is 41.3 Å². The Bertz CT molecular complexity index is 1080. The minimum atomic E-state index is -0.710. The molecule has 0 spiro atoms. The van der Waals surface area contributed by atoms with Gasteiger partial charge in [0.2, 0.25) is 5.95 Å². The van der Waals surface area contributed by atoms with E-state index in [9.17, 15) is 13.6 Å². The van der Waals surface area contributed by atoms with Gasteiger partial charge in [-0.3, -0.25) is 4.79 Å². The van der Waals surface area contributed by atoms with Crippen LogP contribution in [-0.4, -0.2) is 21.3 Å². The van der Waals surface area contributed by atoms with Gasteiger partial charge in [-0.25, -0.2) is 23.7 Å². The maximum Gasteiger partial charge on any atom is 0.269 e. The van der Waals surface area contributed by atoms with Crippen molar-refractivity contribution in [2.75, 3.05) is 0 Å². The number of halogens is 3. The number of hydrogen-bond acceptors (Lipinski definition) is 5. The van der Waals surface area contributed by atoms with Gasteiger partial charge in [-0.15, -0.1) is 0 Å². The van der Waals surface area contributed by atoms with Crippen LogP contribution in [0.2, 0.25) is 0 Å². The van der Waals surface area contributed by atoms with Crippen molar-refractivity contribution in [2.24, 2.45) is 4.99 Å². The number of aliphatic imine (C=N–C) groups is 1. The summed E-state index contributed by atoms with van der Waals surface area (Å²) >= 11 is 3.24. The average molecular weight is 449 g/mol. The molecule has 0 N–H and O–H groups in total. The van der Waals surface area contributed by atoms with Gasteiger partial charge in [0.1, 0.15) is 28.5 Å². The molecule has 6 nitrogen and oxygen atoms in total. The molecule has 3 rings (SSSR count). The second-order valence-corrected chi connectivity index (χ2v) is 6.72. The first kappa shape index (κ1) is 19.8. The lowest BCUT2D eigenvalue weighted by Crippen LogP contribution is -2.24. The van der Waals surface area contributed by atoms with Crippen LogP contribution in [0, 0.1) is 18.6 Å². The first-order chi connectivity index (χ1) is 13.4. The number of hydrogen-bond donors (Lipinski definition) is 0. The minimum absolute atomic E-state index is 0.141. The van der Waals surface area contributed by atoms with Crippen LogP contribution < -0.4 is 10.3 Å². The SMILES string of the molecule is C=Nc1ncc(Cn2c(C)cc(OCc3ccc(F)cc3F)c(Br)c2=O)cn1. The Hall–Kier alpha value is -2.94. The number of rotatable bonds is 6. The molecule has 0 aliphatic heterocycles. The lowest BCUT2D eigenvalue weighted by Gasteiger charge is -2.14. The normalized spacial score (nSPS) is 10.7. The molecule has 0 atom stereocenters. The first-order valence-corrected chi connectivity index (χ1v) is 8.92. The van der Waals surface area contributed by atoms with Gasteiger partial charge < -0.3 is 9.30 Å². The highest BCUT2D eigenvalue weighted by Gasteiger charge is 2.14. The second kappa shape index (κ2) is 8.39. The third-order valence-electron chi connectivity index (χ3n) is 3.99. The zero-order chi connectivity index (χ0) is 20.3. The maximum absolute atomic E-state index is 13.8. The minimum Gasteiger partial charge on any atom is -0.487 e. The van der Waals surface area contributed by atoms with E-state index in [1.54, 1.807) is 25.4 Å². The smallest absolute Gasteiger partial charge is 0.269 e. The molecule has 0 aliphatic rings. The molecule has 0 radical (unpaired) electrons. The number of aromatic nitrogens is 3. The van der Waals surface area contributed by atoms with E-state index >= 15 is 0 Å². The summed E-state index contributed by atoms with van der Waals surface area (Å²) in [6.07, 6.45) is 3.14. The highest BCUT2D eigenvalue weighted by molar-refractivity contribution is 9.10.